The van der Waals surface area contributed by atoms with Crippen LogP contribution in [0.5, 0.6) is 5.75 Å². The maximum absolute atomic E-state index is 13.5. The molecule has 4 rings (SSSR count). The summed E-state index contributed by atoms with van der Waals surface area (Å²) in [6.45, 7) is 1.49. The second-order valence-corrected chi connectivity index (χ2v) is 12.0. The van der Waals surface area contributed by atoms with Crippen molar-refractivity contribution in [1.82, 2.24) is 5.43 Å². The summed E-state index contributed by atoms with van der Waals surface area (Å²) in [5.74, 6) is 2.15. The average molecular weight is 542 g/mol. The number of nitrogens with one attached hydrogen (secondary N) is 1. The second kappa shape index (κ2) is 11.9. The number of carbonyl (C=O) groups excluding carboxylic acids is 1. The highest BCUT2D eigenvalue weighted by atomic mass is 32.2. The van der Waals surface area contributed by atoms with Gasteiger partial charge in [0.05, 0.1) is 16.8 Å². The van der Waals surface area contributed by atoms with E-state index in [4.69, 9.17) is 4.74 Å². The zero-order valence-corrected chi connectivity index (χ0v) is 22.4. The Labute approximate surface area is 220 Å². The first-order chi connectivity index (χ1) is 17.3. The number of ether oxygens (including phenoxy) is 1. The molecule has 188 valence electrons. The molecular formula is C26H27N3O4S3. The van der Waals surface area contributed by atoms with Gasteiger partial charge < -0.3 is 4.74 Å². The number of sulfonamides is 1. The van der Waals surface area contributed by atoms with E-state index in [2.05, 4.69) is 10.5 Å². The normalized spacial score (nSPS) is 13.8. The average Bonchev–Trinajstić information content (AvgIpc) is 2.86. The van der Waals surface area contributed by atoms with Gasteiger partial charge in [0, 0.05) is 16.4 Å². The summed E-state index contributed by atoms with van der Waals surface area (Å²) in [6, 6.07) is 21.0. The minimum Gasteiger partial charge on any atom is -0.489 e. The molecule has 1 fully saturated rings. The predicted molar refractivity (Wildman–Crippen MR) is 148 cm³/mol. The van der Waals surface area contributed by atoms with Crippen LogP contribution in [0.4, 0.5) is 5.69 Å². The Morgan fingerprint density at radius 2 is 1.86 bits per heavy atom. The molecule has 1 saturated heterocycles. The van der Waals surface area contributed by atoms with Crippen LogP contribution in [0.15, 0.2) is 87.7 Å². The van der Waals surface area contributed by atoms with Crippen molar-refractivity contribution in [2.75, 3.05) is 28.6 Å². The second-order valence-electron chi connectivity index (χ2n) is 8.17. The van der Waals surface area contributed by atoms with Crippen molar-refractivity contribution in [2.45, 2.75) is 22.8 Å². The zero-order valence-electron chi connectivity index (χ0n) is 20.0. The fourth-order valence-corrected chi connectivity index (χ4v) is 5.78. The van der Waals surface area contributed by atoms with Crippen LogP contribution >= 0.6 is 23.5 Å². The van der Waals surface area contributed by atoms with Gasteiger partial charge in [-0.3, -0.25) is 9.10 Å². The highest BCUT2D eigenvalue weighted by molar-refractivity contribution is 8.00. The Morgan fingerprint density at radius 1 is 1.14 bits per heavy atom. The molecule has 36 heavy (non-hydrogen) atoms. The summed E-state index contributed by atoms with van der Waals surface area (Å²) in [7, 11) is -3.99. The third-order valence-corrected chi connectivity index (χ3v) is 9.17. The number of hydrogen-bond donors (Lipinski definition) is 1. The van der Waals surface area contributed by atoms with Crippen LogP contribution in [0.2, 0.25) is 0 Å². The number of benzene rings is 3. The maximum Gasteiger partial charge on any atom is 0.264 e. The predicted octanol–water partition coefficient (Wildman–Crippen LogP) is 4.56. The van der Waals surface area contributed by atoms with Crippen LogP contribution < -0.4 is 14.5 Å². The third kappa shape index (κ3) is 6.63. The number of amides is 1. The topological polar surface area (TPSA) is 88.1 Å². The summed E-state index contributed by atoms with van der Waals surface area (Å²) in [6.07, 6.45) is 3.66. The first kappa shape index (κ1) is 26.1. The molecule has 0 atom stereocenters. The van der Waals surface area contributed by atoms with E-state index < -0.39 is 22.5 Å². The van der Waals surface area contributed by atoms with Crippen LogP contribution in [-0.4, -0.2) is 50.9 Å². The van der Waals surface area contributed by atoms with Crippen LogP contribution in [0.1, 0.15) is 11.1 Å². The van der Waals surface area contributed by atoms with E-state index in [0.29, 0.717) is 5.69 Å². The fourth-order valence-electron chi connectivity index (χ4n) is 3.39. The number of hydrogen-bond acceptors (Lipinski definition) is 7. The third-order valence-electron chi connectivity index (χ3n) is 5.43. The van der Waals surface area contributed by atoms with Crippen molar-refractivity contribution in [3.05, 3.63) is 83.9 Å². The molecule has 10 heteroatoms. The molecule has 0 bridgehead atoms. The highest BCUT2D eigenvalue weighted by Gasteiger charge is 2.27. The van der Waals surface area contributed by atoms with Gasteiger partial charge in [0.15, 0.2) is 0 Å². The lowest BCUT2D eigenvalue weighted by Crippen LogP contribution is -2.39. The number of thioether (sulfide) groups is 2. The Balaban J connectivity index is 1.48. The molecule has 3 aromatic rings. The summed E-state index contributed by atoms with van der Waals surface area (Å²) in [5, 5.41) is 4.03. The Bertz CT molecular complexity index is 1320. The fraction of sp³-hybridized carbons (Fsp3) is 0.231. The molecule has 0 aromatic heterocycles. The number of hydrazone groups is 1. The molecule has 1 amide bonds. The lowest BCUT2D eigenvalue weighted by Gasteiger charge is -2.25. The molecule has 3 aromatic carbocycles. The van der Waals surface area contributed by atoms with Crippen LogP contribution in [0.25, 0.3) is 0 Å². The first-order valence-electron chi connectivity index (χ1n) is 11.2. The van der Waals surface area contributed by atoms with E-state index in [9.17, 15) is 13.2 Å². The Kier molecular flexibility index (Phi) is 8.60. The Hall–Kier alpha value is -2.95. The van der Waals surface area contributed by atoms with E-state index >= 15 is 0 Å². The lowest BCUT2D eigenvalue weighted by molar-refractivity contribution is -0.119. The SMILES string of the molecule is CSc1ccc(S(=O)(=O)N(CC(=O)N/N=C\c2cccc(OC3CSC3)c2)c2ccc(C)cc2)cc1. The number of carbonyl (C=O) groups is 1. The maximum atomic E-state index is 13.5. The van der Waals surface area contributed by atoms with Crippen LogP contribution in [0, 0.1) is 6.92 Å². The molecular weight excluding hydrogens is 515 g/mol. The van der Waals surface area contributed by atoms with Gasteiger partial charge >= 0.3 is 0 Å². The molecule has 1 heterocycles. The number of nitrogens with zero attached hydrogens (tertiary/aromatic N) is 2. The number of anilines is 1. The van der Waals surface area contributed by atoms with Gasteiger partial charge in [-0.1, -0.05) is 29.8 Å². The molecule has 0 saturated carbocycles. The molecule has 1 N–H and O–H groups in total. The summed E-state index contributed by atoms with van der Waals surface area (Å²) in [4.78, 5) is 13.8. The highest BCUT2D eigenvalue weighted by Crippen LogP contribution is 2.26. The molecule has 0 spiro atoms. The number of aryl methyl sites for hydroxylation is 1. The van der Waals surface area contributed by atoms with E-state index in [1.165, 1.54) is 18.0 Å². The monoisotopic (exact) mass is 541 g/mol. The smallest absolute Gasteiger partial charge is 0.264 e. The Morgan fingerprint density at radius 3 is 2.50 bits per heavy atom. The summed E-state index contributed by atoms with van der Waals surface area (Å²) in [5.41, 5.74) is 4.58. The zero-order chi connectivity index (χ0) is 25.5. The summed E-state index contributed by atoms with van der Waals surface area (Å²) >= 11 is 3.37. The quantitative estimate of drug-likeness (QED) is 0.230. The van der Waals surface area contributed by atoms with Gasteiger partial charge in [0.25, 0.3) is 15.9 Å². The molecule has 0 unspecified atom stereocenters. The van der Waals surface area contributed by atoms with Crippen molar-refractivity contribution in [3.63, 3.8) is 0 Å². The number of rotatable bonds is 10. The van der Waals surface area contributed by atoms with Crippen molar-refractivity contribution < 1.29 is 17.9 Å². The molecule has 1 aliphatic rings. The van der Waals surface area contributed by atoms with Crippen LogP contribution in [-0.2, 0) is 14.8 Å². The van der Waals surface area contributed by atoms with Crippen molar-refractivity contribution in [1.29, 1.82) is 0 Å². The van der Waals surface area contributed by atoms with Gasteiger partial charge in [-0.25, -0.2) is 13.8 Å². The van der Waals surface area contributed by atoms with E-state index in [1.807, 2.05) is 61.3 Å². The van der Waals surface area contributed by atoms with Gasteiger partial charge in [-0.15, -0.1) is 11.8 Å². The van der Waals surface area contributed by atoms with E-state index in [-0.39, 0.29) is 11.0 Å². The largest absolute Gasteiger partial charge is 0.489 e. The van der Waals surface area contributed by atoms with Crippen molar-refractivity contribution >= 4 is 51.4 Å². The standard InChI is InChI=1S/C26H27N3O4S3/c1-19-6-8-21(9-7-19)29(36(31,32)25-12-10-24(34-2)11-13-25)16-26(30)28-27-15-20-4-3-5-22(14-20)33-23-17-35-18-23/h3-15,23H,16-18H2,1-2H3,(H,28,30)/b27-15-. The van der Waals surface area contributed by atoms with Crippen molar-refractivity contribution in [2.24, 2.45) is 5.10 Å². The van der Waals surface area contributed by atoms with Gasteiger partial charge in [-0.05, 0) is 67.3 Å². The molecule has 0 radical (unpaired) electrons. The first-order valence-corrected chi connectivity index (χ1v) is 15.1. The van der Waals surface area contributed by atoms with Gasteiger partial charge in [0.1, 0.15) is 18.4 Å². The summed E-state index contributed by atoms with van der Waals surface area (Å²) < 4.78 is 33.9. The molecule has 0 aliphatic carbocycles. The molecule has 1 aliphatic heterocycles. The van der Waals surface area contributed by atoms with E-state index in [0.717, 1.165) is 37.6 Å². The lowest BCUT2D eigenvalue weighted by atomic mass is 10.2. The van der Waals surface area contributed by atoms with Crippen LogP contribution in [0.3, 0.4) is 0 Å². The van der Waals surface area contributed by atoms with Gasteiger partial charge in [-0.2, -0.15) is 16.9 Å². The minimum absolute atomic E-state index is 0.110. The van der Waals surface area contributed by atoms with E-state index in [1.54, 1.807) is 36.4 Å². The molecule has 7 nitrogen and oxygen atoms in total. The van der Waals surface area contributed by atoms with Gasteiger partial charge in [0.2, 0.25) is 0 Å². The van der Waals surface area contributed by atoms with Crippen molar-refractivity contribution in [3.8, 4) is 5.75 Å². The minimum atomic E-state index is -3.99.